The normalized spacial score (nSPS) is 35.8. The van der Waals surface area contributed by atoms with E-state index in [0.717, 1.165) is 64.2 Å². The summed E-state index contributed by atoms with van der Waals surface area (Å²) in [6.07, 6.45) is 8.24. The van der Waals surface area contributed by atoms with Crippen molar-refractivity contribution in [2.45, 2.75) is 200 Å². The lowest BCUT2D eigenvalue weighted by Crippen LogP contribution is -2.60. The summed E-state index contributed by atoms with van der Waals surface area (Å²) in [6.45, 7) is 11.4. The molecule has 0 aromatic heterocycles. The standard InChI is InChI=1S/C52H73NO14/c1-8-48(5,46(60)67-52(16-17-53)33-20-30-19-31(22-33)23-34(52)21-30)28-50(7,44(58)62-26-38(54)64-39-32-24-35-36(25-32)41(55)65-40(35)39)29-49(6,45(59)63-37-13-18-61-42(37)56)27-47(3,4)43(57)66-51(9-2)14-11-10-12-15-51/h30-37,39-40H,8-16,18-29H2,1-7H3. The van der Waals surface area contributed by atoms with Crippen LogP contribution < -0.4 is 0 Å². The fourth-order valence-electron chi connectivity index (χ4n) is 14.9. The molecule has 0 spiro atoms. The van der Waals surface area contributed by atoms with Gasteiger partial charge in [0.15, 0.2) is 6.61 Å². The van der Waals surface area contributed by atoms with Gasteiger partial charge in [-0.1, -0.05) is 20.3 Å². The molecule has 7 saturated carbocycles. The smallest absolute Gasteiger partial charge is 0.347 e. The van der Waals surface area contributed by atoms with Gasteiger partial charge >= 0.3 is 41.8 Å². The quantitative estimate of drug-likeness (QED) is 0.0894. The van der Waals surface area contributed by atoms with Crippen LogP contribution in [-0.4, -0.2) is 84.5 Å². The van der Waals surface area contributed by atoms with Crippen LogP contribution >= 0.6 is 0 Å². The highest BCUT2D eigenvalue weighted by atomic mass is 16.6. The molecule has 9 aliphatic rings. The van der Waals surface area contributed by atoms with Gasteiger partial charge in [0.05, 0.1) is 46.7 Å². The topological polar surface area (TPSA) is 208 Å². The van der Waals surface area contributed by atoms with Gasteiger partial charge in [-0.2, -0.15) is 5.26 Å². The molecule has 0 aromatic rings. The monoisotopic (exact) mass is 936 g/mol. The summed E-state index contributed by atoms with van der Waals surface area (Å²) in [5.74, 6) is -3.68. The molecule has 2 heterocycles. The van der Waals surface area contributed by atoms with E-state index in [1.54, 1.807) is 34.6 Å². The molecule has 7 aliphatic carbocycles. The number of esters is 7. The molecular formula is C52H73NO14. The van der Waals surface area contributed by atoms with Crippen LogP contribution in [0, 0.1) is 74.4 Å². The van der Waals surface area contributed by atoms with Crippen LogP contribution in [0.3, 0.4) is 0 Å². The minimum absolute atomic E-state index is 0.0148. The highest BCUT2D eigenvalue weighted by molar-refractivity contribution is 5.87. The molecular weight excluding hydrogens is 863 g/mol. The number of hydrogen-bond acceptors (Lipinski definition) is 15. The number of cyclic esters (lactones) is 1. The molecule has 9 atom stereocenters. The molecule has 0 aromatic carbocycles. The molecule has 67 heavy (non-hydrogen) atoms. The van der Waals surface area contributed by atoms with Gasteiger partial charge in [-0.05, 0) is 149 Å². The Bertz CT molecular complexity index is 2010. The Hall–Kier alpha value is -4.22. The minimum atomic E-state index is -1.74. The van der Waals surface area contributed by atoms with Crippen LogP contribution in [0.2, 0.25) is 0 Å². The van der Waals surface area contributed by atoms with Gasteiger partial charge in [-0.25, -0.2) is 9.59 Å². The van der Waals surface area contributed by atoms with Crippen LogP contribution in [0.4, 0.5) is 0 Å². The molecule has 2 aliphatic heterocycles. The van der Waals surface area contributed by atoms with E-state index in [0.29, 0.717) is 31.1 Å². The Morgan fingerprint density at radius 2 is 1.37 bits per heavy atom. The van der Waals surface area contributed by atoms with Crippen LogP contribution in [-0.2, 0) is 66.7 Å². The average Bonchev–Trinajstić information content (AvgIpc) is 4.03. The van der Waals surface area contributed by atoms with Crippen molar-refractivity contribution in [1.29, 1.82) is 5.26 Å². The van der Waals surface area contributed by atoms with Gasteiger partial charge in [0, 0.05) is 30.1 Å². The molecule has 370 valence electrons. The van der Waals surface area contributed by atoms with E-state index in [2.05, 4.69) is 6.07 Å². The zero-order valence-electron chi connectivity index (χ0n) is 40.8. The maximum absolute atomic E-state index is 15.0. The third-order valence-corrected chi connectivity index (χ3v) is 18.2. The van der Waals surface area contributed by atoms with E-state index in [1.165, 1.54) is 0 Å². The van der Waals surface area contributed by atoms with E-state index in [9.17, 15) is 29.2 Å². The number of hydrogen-bond donors (Lipinski definition) is 0. The van der Waals surface area contributed by atoms with Gasteiger partial charge in [0.25, 0.3) is 0 Å². The van der Waals surface area contributed by atoms with Crippen LogP contribution in [0.5, 0.6) is 0 Å². The first kappa shape index (κ1) is 49.2. The Morgan fingerprint density at radius 1 is 0.731 bits per heavy atom. The first-order valence-electron chi connectivity index (χ1n) is 25.4. The lowest BCUT2D eigenvalue weighted by molar-refractivity contribution is -0.218. The molecule has 2 saturated heterocycles. The van der Waals surface area contributed by atoms with E-state index >= 15 is 9.59 Å². The van der Waals surface area contributed by atoms with Gasteiger partial charge in [0.1, 0.15) is 23.4 Å². The minimum Gasteiger partial charge on any atom is -0.463 e. The van der Waals surface area contributed by atoms with E-state index in [1.807, 2.05) is 13.8 Å². The second kappa shape index (κ2) is 18.3. The maximum Gasteiger partial charge on any atom is 0.347 e. The number of carbonyl (C=O) groups excluding carboxylic acids is 7. The Kier molecular flexibility index (Phi) is 13.4. The Balaban J connectivity index is 1.09. The van der Waals surface area contributed by atoms with E-state index in [-0.39, 0.29) is 80.7 Å². The summed E-state index contributed by atoms with van der Waals surface area (Å²) in [4.78, 5) is 97.9. The fraction of sp³-hybridized carbons (Fsp3) is 0.846. The first-order valence-corrected chi connectivity index (χ1v) is 25.4. The molecule has 9 fully saturated rings. The lowest BCUT2D eigenvalue weighted by atomic mass is 9.49. The first-order chi connectivity index (χ1) is 31.6. The lowest BCUT2D eigenvalue weighted by Gasteiger charge is -2.60. The maximum atomic E-state index is 15.0. The third kappa shape index (κ3) is 9.22. The molecule has 15 heteroatoms. The number of fused-ring (bicyclic) bond motifs is 1. The van der Waals surface area contributed by atoms with Gasteiger partial charge in [-0.15, -0.1) is 0 Å². The van der Waals surface area contributed by atoms with Crippen LogP contribution in [0.1, 0.15) is 170 Å². The summed E-state index contributed by atoms with van der Waals surface area (Å²) in [5.41, 5.74) is -7.74. The van der Waals surface area contributed by atoms with E-state index < -0.39 is 93.6 Å². The molecule has 0 radical (unpaired) electrons. The summed E-state index contributed by atoms with van der Waals surface area (Å²) in [6, 6.07) is 2.35. The summed E-state index contributed by atoms with van der Waals surface area (Å²) in [7, 11) is 0. The van der Waals surface area contributed by atoms with E-state index in [4.69, 9.17) is 33.2 Å². The van der Waals surface area contributed by atoms with Crippen molar-refractivity contribution < 1.29 is 66.7 Å². The fourth-order valence-corrected chi connectivity index (χ4v) is 14.9. The van der Waals surface area contributed by atoms with Crippen LogP contribution in [0.15, 0.2) is 0 Å². The highest BCUT2D eigenvalue weighted by Gasteiger charge is 2.64. The van der Waals surface area contributed by atoms with Crippen molar-refractivity contribution in [2.75, 3.05) is 13.2 Å². The SMILES string of the molecule is CCC1(OC(=O)C(C)(C)CC(C)(CC(C)(CC(C)(CC)C(=O)OC2(CC#N)C3CC4CC(C3)CC2C4)C(=O)OCC(=O)OC2C3CC4C(=O)OC2C4C3)C(=O)OC2CCOC2=O)CCCCC1. The zero-order valence-corrected chi connectivity index (χ0v) is 40.8. The number of ether oxygens (including phenoxy) is 7. The molecule has 0 amide bonds. The summed E-state index contributed by atoms with van der Waals surface area (Å²) >= 11 is 0. The largest absolute Gasteiger partial charge is 0.463 e. The predicted molar refractivity (Wildman–Crippen MR) is 236 cm³/mol. The Morgan fingerprint density at radius 3 is 1.97 bits per heavy atom. The second-order valence-electron chi connectivity index (χ2n) is 23.7. The van der Waals surface area contributed by atoms with Gasteiger partial charge < -0.3 is 33.2 Å². The van der Waals surface area contributed by atoms with Gasteiger partial charge in [0.2, 0.25) is 6.10 Å². The van der Waals surface area contributed by atoms with Crippen molar-refractivity contribution in [3.8, 4) is 6.07 Å². The summed E-state index contributed by atoms with van der Waals surface area (Å²) in [5, 5.41) is 10.2. The molecule has 15 nitrogen and oxygen atoms in total. The number of rotatable bonds is 19. The second-order valence-corrected chi connectivity index (χ2v) is 23.7. The van der Waals surface area contributed by atoms with Crippen molar-refractivity contribution >= 4 is 41.8 Å². The number of nitriles is 1. The Labute approximate surface area is 395 Å². The van der Waals surface area contributed by atoms with Crippen molar-refractivity contribution in [3.63, 3.8) is 0 Å². The van der Waals surface area contributed by atoms with Crippen molar-refractivity contribution in [1.82, 2.24) is 0 Å². The van der Waals surface area contributed by atoms with Crippen molar-refractivity contribution in [3.05, 3.63) is 0 Å². The van der Waals surface area contributed by atoms with Crippen LogP contribution in [0.25, 0.3) is 0 Å². The molecule has 9 unspecified atom stereocenters. The number of carbonyl (C=O) groups is 7. The predicted octanol–water partition coefficient (Wildman–Crippen LogP) is 7.81. The summed E-state index contributed by atoms with van der Waals surface area (Å²) < 4.78 is 41.4. The molecule has 0 N–H and O–H groups in total. The molecule has 9 rings (SSSR count). The van der Waals surface area contributed by atoms with Crippen molar-refractivity contribution in [2.24, 2.45) is 63.1 Å². The average molecular weight is 936 g/mol. The third-order valence-electron chi connectivity index (χ3n) is 18.2. The highest BCUT2D eigenvalue weighted by Crippen LogP contribution is 2.62. The zero-order chi connectivity index (χ0) is 48.3. The molecule has 6 bridgehead atoms. The van der Waals surface area contributed by atoms with Gasteiger partial charge in [-0.3, -0.25) is 24.0 Å². The number of nitrogens with zero attached hydrogens (tertiary/aromatic N) is 1.